The number of esters is 1. The number of fused-ring (bicyclic) bond motifs is 1. The normalized spacial score (nSPS) is 17.6. The van der Waals surface area contributed by atoms with Gasteiger partial charge in [-0.25, -0.2) is 9.59 Å². The molecular formula is C28H29N5O11S. The van der Waals surface area contributed by atoms with Gasteiger partial charge in [0, 0.05) is 47.9 Å². The average Bonchev–Trinajstić information content (AvgIpc) is 3.33. The fraction of sp³-hybridized carbons (Fsp3) is 0.357. The number of non-ortho nitro benzene ring substituents is 2. The van der Waals surface area contributed by atoms with Crippen molar-refractivity contribution in [2.24, 2.45) is 5.92 Å². The van der Waals surface area contributed by atoms with E-state index in [2.05, 4.69) is 10.6 Å². The molecule has 0 aliphatic carbocycles. The Balaban J connectivity index is 1.24. The maximum atomic E-state index is 13.1. The number of nitrogens with zero attached hydrogens (tertiary/aromatic N) is 3. The van der Waals surface area contributed by atoms with Gasteiger partial charge >= 0.3 is 12.1 Å². The fourth-order valence-electron chi connectivity index (χ4n) is 4.77. The van der Waals surface area contributed by atoms with Crippen LogP contribution in [0.3, 0.4) is 0 Å². The van der Waals surface area contributed by atoms with Gasteiger partial charge in [0.1, 0.15) is 18.9 Å². The lowest BCUT2D eigenvalue weighted by Crippen LogP contribution is -2.61. The zero-order chi connectivity index (χ0) is 32.7. The van der Waals surface area contributed by atoms with Crippen LogP contribution in [0.4, 0.5) is 16.2 Å². The summed E-state index contributed by atoms with van der Waals surface area (Å²) in [6, 6.07) is 10.5. The molecule has 0 radical (unpaired) electrons. The van der Waals surface area contributed by atoms with Gasteiger partial charge in [-0.2, -0.15) is 0 Å². The average molecular weight is 644 g/mol. The van der Waals surface area contributed by atoms with Crippen molar-refractivity contribution in [1.29, 1.82) is 0 Å². The predicted octanol–water partition coefficient (Wildman–Crippen LogP) is 2.15. The number of thioether (sulfide) groups is 1. The summed E-state index contributed by atoms with van der Waals surface area (Å²) in [5.74, 6) is -1.99. The van der Waals surface area contributed by atoms with Crippen LogP contribution in [0.15, 0.2) is 59.1 Å². The number of nitro benzene ring substituents is 2. The molecule has 2 aliphatic heterocycles. The molecule has 1 saturated heterocycles. The van der Waals surface area contributed by atoms with Crippen LogP contribution >= 0.6 is 11.8 Å². The number of benzene rings is 2. The number of alkyl carbamates (subject to hydrolysis) is 1. The Labute approximate surface area is 260 Å². The molecule has 2 heterocycles. The molecule has 0 saturated carbocycles. The topological polar surface area (TPSA) is 221 Å². The highest BCUT2D eigenvalue weighted by atomic mass is 32.2. The van der Waals surface area contributed by atoms with Crippen LogP contribution in [0.2, 0.25) is 0 Å². The molecule has 17 heteroatoms. The van der Waals surface area contributed by atoms with E-state index in [-0.39, 0.29) is 43.4 Å². The van der Waals surface area contributed by atoms with E-state index in [1.54, 1.807) is 0 Å². The predicted molar refractivity (Wildman–Crippen MR) is 157 cm³/mol. The summed E-state index contributed by atoms with van der Waals surface area (Å²) in [6.07, 6.45) is -1.44. The molecule has 3 amide bonds. The number of amides is 3. The van der Waals surface area contributed by atoms with Gasteiger partial charge in [0.25, 0.3) is 11.4 Å². The summed E-state index contributed by atoms with van der Waals surface area (Å²) in [5, 5.41) is 36.6. The number of hydrogen-bond donors (Lipinski definition) is 3. The van der Waals surface area contributed by atoms with Crippen LogP contribution in [0.1, 0.15) is 24.5 Å². The SMILES string of the molecule is C[C@H](O)[C@@H]1C(=O)N2C(C(=O)OCc3ccc([N+](=O)[O-])cc3)=C(SCCNC(=O)CNC(=O)OCc3ccc([N+](=O)[O-])cc3)C[C@H]12. The van der Waals surface area contributed by atoms with Gasteiger partial charge in [-0.05, 0) is 42.3 Å². The molecule has 16 nitrogen and oxygen atoms in total. The van der Waals surface area contributed by atoms with Crippen molar-refractivity contribution >= 4 is 47.0 Å². The largest absolute Gasteiger partial charge is 0.456 e. The summed E-state index contributed by atoms with van der Waals surface area (Å²) in [5.41, 5.74) is 0.904. The molecule has 0 aromatic heterocycles. The standard InChI is InChI=1S/C28H29N5O11S/c1-16(34)24-21-12-22(25(31(21)26(24)36)27(37)43-14-17-2-6-19(7-3-17)32(39)40)45-11-10-29-23(35)13-30-28(38)44-15-18-4-8-20(9-5-18)33(41)42/h2-9,16,21,24,34H,10-15H2,1H3,(H,29,35)(H,30,38)/t16-,21+,24-/m0/s1. The van der Waals surface area contributed by atoms with E-state index >= 15 is 0 Å². The highest BCUT2D eigenvalue weighted by molar-refractivity contribution is 8.03. The quantitative estimate of drug-likeness (QED) is 0.0886. The van der Waals surface area contributed by atoms with Crippen LogP contribution in [-0.4, -0.2) is 74.7 Å². The zero-order valence-corrected chi connectivity index (χ0v) is 24.7. The van der Waals surface area contributed by atoms with E-state index in [9.17, 15) is 44.5 Å². The fourth-order valence-corrected chi connectivity index (χ4v) is 5.83. The lowest BCUT2D eigenvalue weighted by atomic mass is 9.83. The van der Waals surface area contributed by atoms with E-state index < -0.39 is 51.8 Å². The number of rotatable bonds is 14. The van der Waals surface area contributed by atoms with Gasteiger partial charge in [-0.1, -0.05) is 0 Å². The molecule has 1 fully saturated rings. The highest BCUT2D eigenvalue weighted by Gasteiger charge is 2.57. The first-order valence-electron chi connectivity index (χ1n) is 13.6. The third kappa shape index (κ3) is 8.12. The van der Waals surface area contributed by atoms with E-state index in [4.69, 9.17) is 9.47 Å². The second kappa shape index (κ2) is 14.6. The molecule has 2 aliphatic rings. The maximum Gasteiger partial charge on any atom is 0.407 e. The molecule has 45 heavy (non-hydrogen) atoms. The molecule has 0 bridgehead atoms. The molecule has 4 rings (SSSR count). The number of aliphatic hydroxyl groups excluding tert-OH is 1. The molecule has 2 aromatic rings. The van der Waals surface area contributed by atoms with Crippen LogP contribution < -0.4 is 10.6 Å². The van der Waals surface area contributed by atoms with Crippen LogP contribution in [0.25, 0.3) is 0 Å². The Kier molecular flexibility index (Phi) is 10.7. The van der Waals surface area contributed by atoms with Crippen molar-refractivity contribution in [3.63, 3.8) is 0 Å². The number of nitro groups is 2. The van der Waals surface area contributed by atoms with Gasteiger partial charge < -0.3 is 30.1 Å². The molecule has 238 valence electrons. The first kappa shape index (κ1) is 32.9. The van der Waals surface area contributed by atoms with Crippen molar-refractivity contribution in [1.82, 2.24) is 15.5 Å². The van der Waals surface area contributed by atoms with Crippen LogP contribution in [0.5, 0.6) is 0 Å². The minimum Gasteiger partial charge on any atom is -0.456 e. The summed E-state index contributed by atoms with van der Waals surface area (Å²) < 4.78 is 10.4. The van der Waals surface area contributed by atoms with Crippen molar-refractivity contribution < 1.29 is 43.6 Å². The molecule has 3 atom stereocenters. The van der Waals surface area contributed by atoms with E-state index in [1.807, 2.05) is 0 Å². The summed E-state index contributed by atoms with van der Waals surface area (Å²) in [7, 11) is 0. The van der Waals surface area contributed by atoms with Crippen molar-refractivity contribution in [3.05, 3.63) is 90.5 Å². The molecule has 0 unspecified atom stereocenters. The van der Waals surface area contributed by atoms with Crippen LogP contribution in [0, 0.1) is 26.1 Å². The van der Waals surface area contributed by atoms with Gasteiger partial charge in [0.2, 0.25) is 11.8 Å². The Morgan fingerprint density at radius 1 is 0.978 bits per heavy atom. The van der Waals surface area contributed by atoms with E-state index in [1.165, 1.54) is 72.1 Å². The van der Waals surface area contributed by atoms with Crippen molar-refractivity contribution in [3.8, 4) is 0 Å². The molecule has 2 aromatic carbocycles. The Morgan fingerprint density at radius 3 is 2.07 bits per heavy atom. The second-order valence-corrected chi connectivity index (χ2v) is 11.3. The molecule has 3 N–H and O–H groups in total. The highest BCUT2D eigenvalue weighted by Crippen LogP contribution is 2.47. The number of ether oxygens (including phenoxy) is 2. The lowest BCUT2D eigenvalue weighted by molar-refractivity contribution is -0.385. The summed E-state index contributed by atoms with van der Waals surface area (Å²) in [4.78, 5) is 72.3. The monoisotopic (exact) mass is 643 g/mol. The van der Waals surface area contributed by atoms with Crippen LogP contribution in [-0.2, 0) is 37.1 Å². The summed E-state index contributed by atoms with van der Waals surface area (Å²) in [6.45, 7) is 0.978. The number of carbonyl (C=O) groups is 4. The summed E-state index contributed by atoms with van der Waals surface area (Å²) >= 11 is 1.24. The van der Waals surface area contributed by atoms with Crippen molar-refractivity contribution in [2.45, 2.75) is 38.7 Å². The Morgan fingerprint density at radius 2 is 1.53 bits per heavy atom. The molecule has 0 spiro atoms. The Bertz CT molecular complexity index is 1510. The zero-order valence-electron chi connectivity index (χ0n) is 23.9. The van der Waals surface area contributed by atoms with Gasteiger partial charge in [-0.3, -0.25) is 29.8 Å². The number of hydrogen-bond acceptors (Lipinski definition) is 12. The van der Waals surface area contributed by atoms with Gasteiger partial charge in [0.15, 0.2) is 0 Å². The van der Waals surface area contributed by atoms with E-state index in [0.717, 1.165) is 0 Å². The number of nitrogens with one attached hydrogen (secondary N) is 2. The lowest BCUT2D eigenvalue weighted by Gasteiger charge is -2.44. The first-order chi connectivity index (χ1) is 21.5. The Hall–Kier alpha value is -5.03. The van der Waals surface area contributed by atoms with Gasteiger partial charge in [0.05, 0.1) is 34.5 Å². The van der Waals surface area contributed by atoms with Gasteiger partial charge in [-0.15, -0.1) is 11.8 Å². The minimum atomic E-state index is -0.909. The van der Waals surface area contributed by atoms with E-state index in [0.29, 0.717) is 28.2 Å². The smallest absolute Gasteiger partial charge is 0.407 e. The number of carbonyl (C=O) groups excluding carboxylic acids is 4. The van der Waals surface area contributed by atoms with Crippen molar-refractivity contribution in [2.75, 3.05) is 18.8 Å². The maximum absolute atomic E-state index is 13.1. The minimum absolute atomic E-state index is 0.0672. The number of β-lactam (4-membered cyclic amide) rings is 1. The molecular weight excluding hydrogens is 614 g/mol. The third-order valence-corrected chi connectivity index (χ3v) is 8.13. The first-order valence-corrected chi connectivity index (χ1v) is 14.6. The third-order valence-electron chi connectivity index (χ3n) is 7.01. The second-order valence-electron chi connectivity index (χ2n) is 10.1. The number of aliphatic hydroxyl groups is 1.